The normalized spacial score (nSPS) is 15.4. The second-order valence-electron chi connectivity index (χ2n) is 12.3. The summed E-state index contributed by atoms with van der Waals surface area (Å²) in [5, 5.41) is 13.6. The Morgan fingerprint density at radius 2 is 1.33 bits per heavy atom. The minimum absolute atomic E-state index is 0.0272. The summed E-state index contributed by atoms with van der Waals surface area (Å²) >= 11 is 0. The Labute approximate surface area is 241 Å². The van der Waals surface area contributed by atoms with Gasteiger partial charge in [-0.25, -0.2) is 0 Å². The minimum atomic E-state index is -3.82. The number of hydrogen-bond acceptors (Lipinski definition) is 4. The fraction of sp³-hybridized carbons (Fsp3) is 0.903. The maximum Gasteiger partial charge on any atom is 0.333 e. The Hall–Kier alpha value is -0.720. The average molecular weight is 576 g/mol. The molecule has 7 nitrogen and oxygen atoms in total. The molecule has 0 spiro atoms. The molecule has 0 aromatic carbocycles. The molecule has 1 amide bonds. The van der Waals surface area contributed by atoms with Gasteiger partial charge < -0.3 is 24.3 Å². The highest BCUT2D eigenvalue weighted by molar-refractivity contribution is 7.52. The van der Waals surface area contributed by atoms with Crippen molar-refractivity contribution in [1.29, 1.82) is 0 Å². The third-order valence-electron chi connectivity index (χ3n) is 7.08. The third-order valence-corrected chi connectivity index (χ3v) is 8.40. The van der Waals surface area contributed by atoms with Crippen LogP contribution in [0.15, 0.2) is 12.2 Å². The highest BCUT2D eigenvalue weighted by Crippen LogP contribution is 2.41. The molecule has 0 saturated carbocycles. The van der Waals surface area contributed by atoms with E-state index in [-0.39, 0.29) is 18.7 Å². The zero-order valence-electron chi connectivity index (χ0n) is 26.2. The van der Waals surface area contributed by atoms with Crippen molar-refractivity contribution in [3.63, 3.8) is 0 Å². The van der Waals surface area contributed by atoms with Crippen LogP contribution in [0.4, 0.5) is 0 Å². The molecule has 0 aliphatic carbocycles. The molecule has 39 heavy (non-hydrogen) atoms. The van der Waals surface area contributed by atoms with Gasteiger partial charge in [0.15, 0.2) is 0 Å². The molecule has 0 radical (unpaired) electrons. The van der Waals surface area contributed by atoms with Crippen LogP contribution in [0.25, 0.3) is 0 Å². The van der Waals surface area contributed by atoms with Crippen molar-refractivity contribution in [2.45, 2.75) is 142 Å². The van der Waals surface area contributed by atoms with Crippen molar-refractivity contribution in [2.24, 2.45) is 0 Å². The van der Waals surface area contributed by atoms with Gasteiger partial charge >= 0.3 is 7.60 Å². The Balaban J connectivity index is 4.54. The van der Waals surface area contributed by atoms with E-state index < -0.39 is 19.7 Å². The molecule has 0 fully saturated rings. The molecule has 1 unspecified atom stereocenters. The van der Waals surface area contributed by atoms with Crippen LogP contribution in [0.5, 0.6) is 0 Å². The van der Waals surface area contributed by atoms with Crippen molar-refractivity contribution < 1.29 is 28.4 Å². The van der Waals surface area contributed by atoms with E-state index in [0.29, 0.717) is 17.4 Å². The SMILES string of the molecule is CCCCCCCCCCCCC/C=C/[C@@H](O)[C@H](COP(=O)(O)CC[N+](C)(C)C)NC(=O)CCCCCCC. The lowest BCUT2D eigenvalue weighted by molar-refractivity contribution is -0.867. The van der Waals surface area contributed by atoms with Crippen LogP contribution in [0.3, 0.4) is 0 Å². The van der Waals surface area contributed by atoms with Crippen LogP contribution in [0.1, 0.15) is 129 Å². The van der Waals surface area contributed by atoms with Crippen LogP contribution in [-0.4, -0.2) is 73.0 Å². The first kappa shape index (κ1) is 38.3. The van der Waals surface area contributed by atoms with Gasteiger partial charge in [0, 0.05) is 6.42 Å². The molecule has 0 aromatic rings. The zero-order valence-corrected chi connectivity index (χ0v) is 27.1. The fourth-order valence-corrected chi connectivity index (χ4v) is 5.75. The summed E-state index contributed by atoms with van der Waals surface area (Å²) in [5.74, 6) is -0.156. The number of aliphatic hydroxyl groups is 1. The molecule has 232 valence electrons. The van der Waals surface area contributed by atoms with Crippen LogP contribution >= 0.6 is 7.60 Å². The fourth-order valence-electron chi connectivity index (χ4n) is 4.38. The number of carbonyl (C=O) groups is 1. The Kier molecular flexibility index (Phi) is 23.5. The van der Waals surface area contributed by atoms with Crippen LogP contribution in [0, 0.1) is 0 Å². The second kappa shape index (κ2) is 23.9. The molecular formula is C31H64N2O5P+. The van der Waals surface area contributed by atoms with Gasteiger partial charge in [0.2, 0.25) is 5.91 Å². The molecule has 3 atom stereocenters. The Bertz CT molecular complexity index is 666. The average Bonchev–Trinajstić information content (AvgIpc) is 2.87. The number of hydrogen-bond donors (Lipinski definition) is 3. The summed E-state index contributed by atoms with van der Waals surface area (Å²) in [6.45, 7) is 4.70. The van der Waals surface area contributed by atoms with Gasteiger partial charge in [-0.3, -0.25) is 9.36 Å². The number of amides is 1. The van der Waals surface area contributed by atoms with Gasteiger partial charge in [-0.2, -0.15) is 0 Å². The van der Waals surface area contributed by atoms with Crippen molar-refractivity contribution in [1.82, 2.24) is 5.32 Å². The molecular weight excluding hydrogens is 511 g/mol. The number of unbranched alkanes of at least 4 members (excludes halogenated alkanes) is 15. The predicted molar refractivity (Wildman–Crippen MR) is 165 cm³/mol. The van der Waals surface area contributed by atoms with E-state index >= 15 is 0 Å². The number of carbonyl (C=O) groups excluding carboxylic acids is 1. The quantitative estimate of drug-likeness (QED) is 0.0412. The standard InChI is InChI=1S/C31H63N2O5P/c1-6-8-10-12-13-14-15-16-17-18-19-21-22-24-30(34)29(32-31(35)25-23-20-11-9-7-2)28-38-39(36,37)27-26-33(3,4)5/h22,24,29-30,34H,6-21,23,25-28H2,1-5H3,(H-,32,35,36,37)/p+1/b24-22+/t29-,30+/m0/s1. The smallest absolute Gasteiger partial charge is 0.333 e. The van der Waals surface area contributed by atoms with Crippen LogP contribution in [-0.2, 0) is 13.9 Å². The van der Waals surface area contributed by atoms with E-state index in [0.717, 1.165) is 38.5 Å². The zero-order chi connectivity index (χ0) is 29.4. The molecule has 0 aliphatic rings. The Morgan fingerprint density at radius 3 is 1.85 bits per heavy atom. The Morgan fingerprint density at radius 1 is 0.846 bits per heavy atom. The first-order chi connectivity index (χ1) is 18.5. The summed E-state index contributed by atoms with van der Waals surface area (Å²) in [6, 6.07) is -0.758. The molecule has 3 N–H and O–H groups in total. The predicted octanol–water partition coefficient (Wildman–Crippen LogP) is 7.36. The van der Waals surface area contributed by atoms with Gasteiger partial charge in [0.25, 0.3) is 0 Å². The number of rotatable bonds is 27. The lowest BCUT2D eigenvalue weighted by atomic mass is 10.0. The summed E-state index contributed by atoms with van der Waals surface area (Å²) in [6.07, 6.45) is 23.4. The lowest BCUT2D eigenvalue weighted by Gasteiger charge is -2.26. The topological polar surface area (TPSA) is 95.9 Å². The summed E-state index contributed by atoms with van der Waals surface area (Å²) in [4.78, 5) is 22.8. The monoisotopic (exact) mass is 575 g/mol. The van der Waals surface area contributed by atoms with Crippen molar-refractivity contribution in [3.8, 4) is 0 Å². The molecule has 0 bridgehead atoms. The van der Waals surface area contributed by atoms with Gasteiger partial charge in [0.05, 0.1) is 52.6 Å². The molecule has 0 saturated heterocycles. The van der Waals surface area contributed by atoms with E-state index in [1.165, 1.54) is 70.6 Å². The highest BCUT2D eigenvalue weighted by atomic mass is 31.2. The van der Waals surface area contributed by atoms with Gasteiger partial charge in [0.1, 0.15) is 0 Å². The van der Waals surface area contributed by atoms with E-state index in [9.17, 15) is 19.4 Å². The number of nitrogens with zero attached hydrogens (tertiary/aromatic N) is 1. The summed E-state index contributed by atoms with van der Waals surface area (Å²) in [7, 11) is 2.03. The van der Waals surface area contributed by atoms with Crippen molar-refractivity contribution in [2.75, 3.05) is 40.5 Å². The highest BCUT2D eigenvalue weighted by Gasteiger charge is 2.27. The lowest BCUT2D eigenvalue weighted by Crippen LogP contribution is -2.45. The summed E-state index contributed by atoms with van der Waals surface area (Å²) in [5.41, 5.74) is 0. The molecule has 0 aromatic heterocycles. The van der Waals surface area contributed by atoms with E-state index in [1.807, 2.05) is 27.2 Å². The number of allylic oxidation sites excluding steroid dienone is 1. The first-order valence-electron chi connectivity index (χ1n) is 15.9. The van der Waals surface area contributed by atoms with Gasteiger partial charge in [-0.1, -0.05) is 116 Å². The van der Waals surface area contributed by atoms with E-state index in [1.54, 1.807) is 6.08 Å². The maximum atomic E-state index is 12.5. The second-order valence-corrected chi connectivity index (χ2v) is 14.2. The number of aliphatic hydroxyl groups excluding tert-OH is 1. The third kappa shape index (κ3) is 26.0. The van der Waals surface area contributed by atoms with Gasteiger partial charge in [-0.15, -0.1) is 0 Å². The number of nitrogens with one attached hydrogen (secondary N) is 1. The first-order valence-corrected chi connectivity index (χ1v) is 17.7. The van der Waals surface area contributed by atoms with Crippen LogP contribution < -0.4 is 5.32 Å². The maximum absolute atomic E-state index is 12.5. The van der Waals surface area contributed by atoms with Crippen molar-refractivity contribution >= 4 is 13.5 Å². The van der Waals surface area contributed by atoms with Gasteiger partial charge in [-0.05, 0) is 19.3 Å². The minimum Gasteiger partial charge on any atom is -0.387 e. The van der Waals surface area contributed by atoms with E-state index in [4.69, 9.17) is 4.52 Å². The molecule has 0 rings (SSSR count). The molecule has 0 heterocycles. The number of quaternary nitrogens is 1. The van der Waals surface area contributed by atoms with E-state index in [2.05, 4.69) is 19.2 Å². The largest absolute Gasteiger partial charge is 0.387 e. The molecule has 0 aliphatic heterocycles. The molecule has 8 heteroatoms. The van der Waals surface area contributed by atoms with Crippen molar-refractivity contribution in [3.05, 3.63) is 12.2 Å². The summed E-state index contributed by atoms with van der Waals surface area (Å²) < 4.78 is 18.5. The van der Waals surface area contributed by atoms with Crippen LogP contribution in [0.2, 0.25) is 0 Å².